The highest BCUT2D eigenvalue weighted by atomic mass is 15.4. The Bertz CT molecular complexity index is 736. The van der Waals surface area contributed by atoms with Crippen molar-refractivity contribution in [2.45, 2.75) is 12.5 Å². The molecule has 1 aliphatic heterocycles. The first-order valence-electron chi connectivity index (χ1n) is 7.07. The molecule has 1 unspecified atom stereocenters. The Labute approximate surface area is 122 Å². The van der Waals surface area contributed by atoms with Gasteiger partial charge >= 0.3 is 0 Å². The van der Waals surface area contributed by atoms with E-state index in [1.165, 1.54) is 5.56 Å². The molecule has 0 saturated carbocycles. The van der Waals surface area contributed by atoms with Gasteiger partial charge in [-0.1, -0.05) is 30.3 Å². The highest BCUT2D eigenvalue weighted by molar-refractivity contribution is 5.56. The van der Waals surface area contributed by atoms with Crippen LogP contribution in [0.4, 0.5) is 5.95 Å². The first kappa shape index (κ1) is 12.1. The fraction of sp³-hybridized carbons (Fsp3) is 0.188. The fourth-order valence-electron chi connectivity index (χ4n) is 2.71. The highest BCUT2D eigenvalue weighted by Gasteiger charge is 2.24. The third-order valence-electron chi connectivity index (χ3n) is 3.75. The SMILES string of the molecule is c1ccc(-c2nc3n(n2)C(c2ccncc2)CCN3)cc1. The molecule has 3 heterocycles. The number of benzene rings is 1. The maximum atomic E-state index is 4.70. The van der Waals surface area contributed by atoms with E-state index in [4.69, 9.17) is 5.10 Å². The molecule has 0 aliphatic carbocycles. The number of nitrogens with zero attached hydrogens (tertiary/aromatic N) is 4. The predicted molar refractivity (Wildman–Crippen MR) is 80.9 cm³/mol. The molecular formula is C16H15N5. The molecule has 2 aromatic heterocycles. The van der Waals surface area contributed by atoms with Crippen molar-refractivity contribution in [1.29, 1.82) is 0 Å². The van der Waals surface area contributed by atoms with Crippen molar-refractivity contribution in [3.8, 4) is 11.4 Å². The second-order valence-electron chi connectivity index (χ2n) is 5.08. The van der Waals surface area contributed by atoms with Gasteiger partial charge in [-0.15, -0.1) is 5.10 Å². The molecule has 0 spiro atoms. The molecule has 0 fully saturated rings. The van der Waals surface area contributed by atoms with Gasteiger partial charge in [0.2, 0.25) is 5.95 Å². The molecule has 21 heavy (non-hydrogen) atoms. The minimum atomic E-state index is 0.217. The van der Waals surface area contributed by atoms with Crippen LogP contribution in [0.1, 0.15) is 18.0 Å². The summed E-state index contributed by atoms with van der Waals surface area (Å²) in [7, 11) is 0. The zero-order valence-electron chi connectivity index (χ0n) is 11.5. The molecule has 5 heteroatoms. The lowest BCUT2D eigenvalue weighted by Gasteiger charge is -2.24. The van der Waals surface area contributed by atoms with Crippen LogP contribution < -0.4 is 5.32 Å². The summed E-state index contributed by atoms with van der Waals surface area (Å²) in [5.74, 6) is 1.60. The van der Waals surface area contributed by atoms with Gasteiger partial charge in [0.05, 0.1) is 6.04 Å². The molecule has 5 nitrogen and oxygen atoms in total. The number of anilines is 1. The Morgan fingerprint density at radius 1 is 1.05 bits per heavy atom. The Hall–Kier alpha value is -2.69. The standard InChI is InChI=1S/C16H15N5/c1-2-4-13(5-3-1)15-19-16-18-11-8-14(21(16)20-15)12-6-9-17-10-7-12/h1-7,9-10,14H,8,11H2,(H,18,19,20). The number of hydrogen-bond acceptors (Lipinski definition) is 4. The van der Waals surface area contributed by atoms with Gasteiger partial charge < -0.3 is 5.32 Å². The number of fused-ring (bicyclic) bond motifs is 1. The van der Waals surface area contributed by atoms with Crippen LogP contribution in [0.15, 0.2) is 54.9 Å². The monoisotopic (exact) mass is 277 g/mol. The van der Waals surface area contributed by atoms with Crippen LogP contribution in [0.2, 0.25) is 0 Å². The minimum absolute atomic E-state index is 0.217. The van der Waals surface area contributed by atoms with Gasteiger partial charge in [-0.05, 0) is 24.1 Å². The molecule has 104 valence electrons. The van der Waals surface area contributed by atoms with Crippen molar-refractivity contribution < 1.29 is 0 Å². The summed E-state index contributed by atoms with van der Waals surface area (Å²) in [6, 6.07) is 14.4. The first-order chi connectivity index (χ1) is 10.4. The summed E-state index contributed by atoms with van der Waals surface area (Å²) in [6.45, 7) is 0.903. The quantitative estimate of drug-likeness (QED) is 0.782. The number of hydrogen-bond donors (Lipinski definition) is 1. The van der Waals surface area contributed by atoms with E-state index in [1.807, 2.05) is 59.5 Å². The van der Waals surface area contributed by atoms with Gasteiger partial charge in [0.15, 0.2) is 5.82 Å². The minimum Gasteiger partial charge on any atom is -0.354 e. The summed E-state index contributed by atoms with van der Waals surface area (Å²) >= 11 is 0. The molecule has 0 bridgehead atoms. The average Bonchev–Trinajstić information content (AvgIpc) is 3.00. The second kappa shape index (κ2) is 5.01. The maximum Gasteiger partial charge on any atom is 0.222 e. The number of nitrogens with one attached hydrogen (secondary N) is 1. The van der Waals surface area contributed by atoms with Crippen molar-refractivity contribution in [2.24, 2.45) is 0 Å². The third-order valence-corrected chi connectivity index (χ3v) is 3.75. The van der Waals surface area contributed by atoms with E-state index in [1.54, 1.807) is 0 Å². The van der Waals surface area contributed by atoms with Crippen molar-refractivity contribution in [3.05, 3.63) is 60.4 Å². The Balaban J connectivity index is 1.77. The summed E-state index contributed by atoms with van der Waals surface area (Å²) < 4.78 is 1.99. The molecule has 1 aliphatic rings. The van der Waals surface area contributed by atoms with Crippen LogP contribution in [0.25, 0.3) is 11.4 Å². The van der Waals surface area contributed by atoms with Gasteiger partial charge in [0, 0.05) is 24.5 Å². The molecule has 0 amide bonds. The van der Waals surface area contributed by atoms with E-state index in [-0.39, 0.29) is 6.04 Å². The predicted octanol–water partition coefficient (Wildman–Crippen LogP) is 2.75. The Kier molecular flexibility index (Phi) is 2.88. The molecule has 1 atom stereocenters. The molecule has 0 radical (unpaired) electrons. The lowest BCUT2D eigenvalue weighted by molar-refractivity contribution is 0.480. The van der Waals surface area contributed by atoms with Gasteiger partial charge in [0.25, 0.3) is 0 Å². The number of pyridine rings is 1. The summed E-state index contributed by atoms with van der Waals surface area (Å²) in [5.41, 5.74) is 2.26. The smallest absolute Gasteiger partial charge is 0.222 e. The summed E-state index contributed by atoms with van der Waals surface area (Å²) in [6.07, 6.45) is 4.65. The molecular weight excluding hydrogens is 262 g/mol. The van der Waals surface area contributed by atoms with Gasteiger partial charge in [-0.3, -0.25) is 4.98 Å². The van der Waals surface area contributed by atoms with Crippen molar-refractivity contribution in [2.75, 3.05) is 11.9 Å². The van der Waals surface area contributed by atoms with E-state index in [0.29, 0.717) is 0 Å². The summed E-state index contributed by atoms with van der Waals surface area (Å²) in [4.78, 5) is 8.71. The summed E-state index contributed by atoms with van der Waals surface area (Å²) in [5, 5.41) is 8.03. The van der Waals surface area contributed by atoms with E-state index in [0.717, 1.165) is 30.3 Å². The topological polar surface area (TPSA) is 55.6 Å². The van der Waals surface area contributed by atoms with E-state index in [9.17, 15) is 0 Å². The average molecular weight is 277 g/mol. The first-order valence-corrected chi connectivity index (χ1v) is 7.07. The number of aromatic nitrogens is 4. The van der Waals surface area contributed by atoms with E-state index < -0.39 is 0 Å². The van der Waals surface area contributed by atoms with E-state index >= 15 is 0 Å². The zero-order valence-corrected chi connectivity index (χ0v) is 11.5. The van der Waals surface area contributed by atoms with Crippen molar-refractivity contribution in [3.63, 3.8) is 0 Å². The van der Waals surface area contributed by atoms with Crippen LogP contribution in [0.3, 0.4) is 0 Å². The third kappa shape index (κ3) is 2.16. The maximum absolute atomic E-state index is 4.70. The molecule has 4 rings (SSSR count). The largest absolute Gasteiger partial charge is 0.354 e. The van der Waals surface area contributed by atoms with Gasteiger partial charge in [-0.2, -0.15) is 4.98 Å². The molecule has 3 aromatic rings. The fourth-order valence-corrected chi connectivity index (χ4v) is 2.71. The molecule has 1 aromatic carbocycles. The van der Waals surface area contributed by atoms with Crippen LogP contribution in [-0.2, 0) is 0 Å². The second-order valence-corrected chi connectivity index (χ2v) is 5.08. The Morgan fingerprint density at radius 2 is 1.86 bits per heavy atom. The van der Waals surface area contributed by atoms with Crippen molar-refractivity contribution >= 4 is 5.95 Å². The van der Waals surface area contributed by atoms with E-state index in [2.05, 4.69) is 15.3 Å². The van der Waals surface area contributed by atoms with Crippen molar-refractivity contribution in [1.82, 2.24) is 19.7 Å². The highest BCUT2D eigenvalue weighted by Crippen LogP contribution is 2.29. The van der Waals surface area contributed by atoms with Crippen LogP contribution in [0.5, 0.6) is 0 Å². The van der Waals surface area contributed by atoms with Crippen LogP contribution >= 0.6 is 0 Å². The van der Waals surface area contributed by atoms with Crippen LogP contribution in [0, 0.1) is 0 Å². The van der Waals surface area contributed by atoms with Gasteiger partial charge in [0.1, 0.15) is 0 Å². The normalized spacial score (nSPS) is 17.0. The number of rotatable bonds is 2. The molecule has 0 saturated heterocycles. The lowest BCUT2D eigenvalue weighted by atomic mass is 10.0. The lowest BCUT2D eigenvalue weighted by Crippen LogP contribution is -2.24. The zero-order chi connectivity index (χ0) is 14.1. The molecule has 1 N–H and O–H groups in total. The van der Waals surface area contributed by atoms with Gasteiger partial charge in [-0.25, -0.2) is 4.68 Å². The van der Waals surface area contributed by atoms with Crippen LogP contribution in [-0.4, -0.2) is 26.3 Å². The Morgan fingerprint density at radius 3 is 2.67 bits per heavy atom.